The van der Waals surface area contributed by atoms with Gasteiger partial charge in [0.05, 0.1) is 13.0 Å². The average Bonchev–Trinajstić information content (AvgIpc) is 2.28. The van der Waals surface area contributed by atoms with E-state index in [0.29, 0.717) is 0 Å². The molecule has 16 heavy (non-hydrogen) atoms. The zero-order chi connectivity index (χ0) is 12.1. The van der Waals surface area contributed by atoms with Crippen molar-refractivity contribution in [3.8, 4) is 5.75 Å². The molecule has 0 radical (unpaired) electrons. The Morgan fingerprint density at radius 2 is 2.12 bits per heavy atom. The lowest BCUT2D eigenvalue weighted by Crippen LogP contribution is -2.19. The number of benzene rings is 1. The predicted octanol–water partition coefficient (Wildman–Crippen LogP) is 2.59. The van der Waals surface area contributed by atoms with Crippen LogP contribution >= 0.6 is 0 Å². The van der Waals surface area contributed by atoms with Crippen molar-refractivity contribution in [2.45, 2.75) is 20.3 Å². The maximum absolute atomic E-state index is 10.8. The highest BCUT2D eigenvalue weighted by Crippen LogP contribution is 2.20. The van der Waals surface area contributed by atoms with Gasteiger partial charge in [-0.15, -0.1) is 0 Å². The molecule has 0 aliphatic rings. The van der Waals surface area contributed by atoms with Crippen molar-refractivity contribution in [3.05, 3.63) is 29.8 Å². The van der Waals surface area contributed by atoms with Gasteiger partial charge < -0.3 is 9.84 Å². The molecule has 3 nitrogen and oxygen atoms in total. The van der Waals surface area contributed by atoms with E-state index in [1.807, 2.05) is 31.2 Å². The molecule has 0 amide bonds. The Morgan fingerprint density at radius 3 is 2.69 bits per heavy atom. The highest BCUT2D eigenvalue weighted by Gasteiger charge is 2.19. The van der Waals surface area contributed by atoms with Gasteiger partial charge in [0.15, 0.2) is 0 Å². The molecule has 1 rings (SSSR count). The Balaban J connectivity index is 2.68. The summed E-state index contributed by atoms with van der Waals surface area (Å²) in [6, 6.07) is 7.75. The Kier molecular flexibility index (Phi) is 4.35. The van der Waals surface area contributed by atoms with Gasteiger partial charge in [-0.2, -0.15) is 0 Å². The molecule has 0 aliphatic carbocycles. The van der Waals surface area contributed by atoms with Gasteiger partial charge >= 0.3 is 5.97 Å². The monoisotopic (exact) mass is 222 g/mol. The van der Waals surface area contributed by atoms with Gasteiger partial charge in [0, 0.05) is 0 Å². The number of carboxylic acid groups (broad SMARTS) is 1. The third kappa shape index (κ3) is 3.26. The number of hydrogen-bond donors (Lipinski definition) is 1. The fourth-order valence-electron chi connectivity index (χ4n) is 1.59. The molecule has 2 atom stereocenters. The zero-order valence-corrected chi connectivity index (χ0v) is 9.93. The first-order valence-corrected chi connectivity index (χ1v) is 5.40. The molecular weight excluding hydrogens is 204 g/mol. The van der Waals surface area contributed by atoms with Crippen molar-refractivity contribution in [2.24, 2.45) is 11.8 Å². The average molecular weight is 222 g/mol. The van der Waals surface area contributed by atoms with Crippen molar-refractivity contribution in [1.29, 1.82) is 0 Å². The van der Waals surface area contributed by atoms with Crippen molar-refractivity contribution in [3.63, 3.8) is 0 Å². The van der Waals surface area contributed by atoms with Crippen LogP contribution in [0, 0.1) is 11.8 Å². The van der Waals surface area contributed by atoms with E-state index in [1.165, 1.54) is 0 Å². The minimum absolute atomic E-state index is 0.115. The van der Waals surface area contributed by atoms with E-state index in [9.17, 15) is 4.79 Å². The Bertz CT molecular complexity index is 360. The number of carbonyl (C=O) groups is 1. The first-order chi connectivity index (χ1) is 7.54. The van der Waals surface area contributed by atoms with Crippen molar-refractivity contribution >= 4 is 5.97 Å². The SMILES string of the molecule is COc1cccc(CC(C)C(C)C(=O)O)c1. The summed E-state index contributed by atoms with van der Waals surface area (Å²) < 4.78 is 5.13. The van der Waals surface area contributed by atoms with Crippen LogP contribution in [0.5, 0.6) is 5.75 Å². The molecular formula is C13H18O3. The lowest BCUT2D eigenvalue weighted by atomic mass is 9.90. The summed E-state index contributed by atoms with van der Waals surface area (Å²) in [4.78, 5) is 10.8. The molecule has 0 fully saturated rings. The molecule has 0 saturated carbocycles. The highest BCUT2D eigenvalue weighted by molar-refractivity contribution is 5.69. The van der Waals surface area contributed by atoms with Gasteiger partial charge in [0.1, 0.15) is 5.75 Å². The smallest absolute Gasteiger partial charge is 0.306 e. The van der Waals surface area contributed by atoms with Crippen molar-refractivity contribution in [1.82, 2.24) is 0 Å². The van der Waals surface area contributed by atoms with Gasteiger partial charge in [-0.1, -0.05) is 26.0 Å². The molecule has 1 N–H and O–H groups in total. The summed E-state index contributed by atoms with van der Waals surface area (Å²) in [5.74, 6) is -0.140. The molecule has 0 heterocycles. The van der Waals surface area contributed by atoms with Crippen LogP contribution in [0.1, 0.15) is 19.4 Å². The van der Waals surface area contributed by atoms with E-state index in [0.717, 1.165) is 17.7 Å². The summed E-state index contributed by atoms with van der Waals surface area (Å²) in [6.07, 6.45) is 0.755. The Labute approximate surface area is 96.1 Å². The van der Waals surface area contributed by atoms with E-state index in [1.54, 1.807) is 14.0 Å². The number of methoxy groups -OCH3 is 1. The maximum atomic E-state index is 10.8. The molecule has 88 valence electrons. The third-order valence-corrected chi connectivity index (χ3v) is 2.93. The number of carboxylic acids is 1. The van der Waals surface area contributed by atoms with Gasteiger partial charge in [-0.25, -0.2) is 0 Å². The highest BCUT2D eigenvalue weighted by atomic mass is 16.5. The minimum atomic E-state index is -0.740. The molecule has 0 spiro atoms. The summed E-state index contributed by atoms with van der Waals surface area (Å²) in [6.45, 7) is 3.70. The van der Waals surface area contributed by atoms with E-state index >= 15 is 0 Å². The molecule has 3 heteroatoms. The van der Waals surface area contributed by atoms with Crippen molar-refractivity contribution in [2.75, 3.05) is 7.11 Å². The number of hydrogen-bond acceptors (Lipinski definition) is 2. The molecule has 1 aromatic rings. The van der Waals surface area contributed by atoms with Crippen LogP contribution in [0.3, 0.4) is 0 Å². The molecule has 1 aromatic carbocycles. The van der Waals surface area contributed by atoms with E-state index in [4.69, 9.17) is 9.84 Å². The fourth-order valence-corrected chi connectivity index (χ4v) is 1.59. The second-order valence-electron chi connectivity index (χ2n) is 4.16. The molecule has 0 aromatic heterocycles. The minimum Gasteiger partial charge on any atom is -0.497 e. The van der Waals surface area contributed by atoms with Gasteiger partial charge in [0.2, 0.25) is 0 Å². The number of rotatable bonds is 5. The lowest BCUT2D eigenvalue weighted by Gasteiger charge is -2.16. The van der Waals surface area contributed by atoms with Gasteiger partial charge in [0.25, 0.3) is 0 Å². The second kappa shape index (κ2) is 5.54. The molecule has 0 aliphatic heterocycles. The van der Waals surface area contributed by atoms with Gasteiger partial charge in [-0.3, -0.25) is 4.79 Å². The maximum Gasteiger partial charge on any atom is 0.306 e. The van der Waals surface area contributed by atoms with Crippen LogP contribution in [0.15, 0.2) is 24.3 Å². The van der Waals surface area contributed by atoms with Crippen LogP contribution in [0.4, 0.5) is 0 Å². The summed E-state index contributed by atoms with van der Waals surface area (Å²) in [7, 11) is 1.63. The quantitative estimate of drug-likeness (QED) is 0.833. The first kappa shape index (κ1) is 12.6. The van der Waals surface area contributed by atoms with Crippen LogP contribution in [-0.2, 0) is 11.2 Å². The van der Waals surface area contributed by atoms with E-state index < -0.39 is 5.97 Å². The fraction of sp³-hybridized carbons (Fsp3) is 0.462. The largest absolute Gasteiger partial charge is 0.497 e. The van der Waals surface area contributed by atoms with Crippen LogP contribution < -0.4 is 4.74 Å². The van der Waals surface area contributed by atoms with Crippen LogP contribution in [0.2, 0.25) is 0 Å². The Hall–Kier alpha value is -1.51. The molecule has 0 saturated heterocycles. The Morgan fingerprint density at radius 1 is 1.44 bits per heavy atom. The normalized spacial score (nSPS) is 14.2. The first-order valence-electron chi connectivity index (χ1n) is 5.40. The second-order valence-corrected chi connectivity index (χ2v) is 4.16. The van der Waals surface area contributed by atoms with E-state index in [2.05, 4.69) is 0 Å². The van der Waals surface area contributed by atoms with E-state index in [-0.39, 0.29) is 11.8 Å². The zero-order valence-electron chi connectivity index (χ0n) is 9.93. The summed E-state index contributed by atoms with van der Waals surface area (Å²) >= 11 is 0. The number of ether oxygens (including phenoxy) is 1. The van der Waals surface area contributed by atoms with Crippen LogP contribution in [-0.4, -0.2) is 18.2 Å². The summed E-state index contributed by atoms with van der Waals surface area (Å²) in [5.41, 5.74) is 1.11. The molecule has 2 unspecified atom stereocenters. The van der Waals surface area contributed by atoms with Crippen molar-refractivity contribution < 1.29 is 14.6 Å². The lowest BCUT2D eigenvalue weighted by molar-refractivity contribution is -0.142. The topological polar surface area (TPSA) is 46.5 Å². The third-order valence-electron chi connectivity index (χ3n) is 2.93. The standard InChI is InChI=1S/C13H18O3/c1-9(10(2)13(14)15)7-11-5-4-6-12(8-11)16-3/h4-6,8-10H,7H2,1-3H3,(H,14,15). The summed E-state index contributed by atoms with van der Waals surface area (Å²) in [5, 5.41) is 8.91. The van der Waals surface area contributed by atoms with Crippen LogP contribution in [0.25, 0.3) is 0 Å². The molecule has 0 bridgehead atoms. The number of aliphatic carboxylic acids is 1. The van der Waals surface area contributed by atoms with Gasteiger partial charge in [-0.05, 0) is 30.0 Å². The predicted molar refractivity (Wildman–Crippen MR) is 62.7 cm³/mol.